The fourth-order valence-corrected chi connectivity index (χ4v) is 4.75. The molecule has 0 radical (unpaired) electrons. The zero-order valence-electron chi connectivity index (χ0n) is 22.8. The second-order valence-electron chi connectivity index (χ2n) is 10.3. The Hall–Kier alpha value is -3.30. The molecular formula is C28H38ClN5O4. The zero-order chi connectivity index (χ0) is 26.7. The van der Waals surface area contributed by atoms with Crippen molar-refractivity contribution in [2.75, 3.05) is 31.6 Å². The minimum Gasteiger partial charge on any atom is -0.408 e. The Morgan fingerprint density at radius 1 is 1.11 bits per heavy atom. The zero-order valence-corrected chi connectivity index (χ0v) is 23.6. The molecule has 38 heavy (non-hydrogen) atoms. The second-order valence-corrected chi connectivity index (χ2v) is 10.3. The van der Waals surface area contributed by atoms with Crippen molar-refractivity contribution in [3.63, 3.8) is 0 Å². The molecular weight excluding hydrogens is 506 g/mol. The van der Waals surface area contributed by atoms with E-state index in [4.69, 9.17) is 4.42 Å². The van der Waals surface area contributed by atoms with Gasteiger partial charge in [-0.2, -0.15) is 0 Å². The van der Waals surface area contributed by atoms with Gasteiger partial charge in [0, 0.05) is 45.5 Å². The molecule has 4 rings (SSSR count). The summed E-state index contributed by atoms with van der Waals surface area (Å²) < 4.78 is 6.84. The van der Waals surface area contributed by atoms with Gasteiger partial charge in [0.1, 0.15) is 0 Å². The SMILES string of the molecule is Cc1cc2c(cc1N(CC(=O)NCCCC(C)C)CC(=O)N(C)N1Cc3ccccc3C1)oc(=O)n2C.Cl. The highest BCUT2D eigenvalue weighted by Gasteiger charge is 2.27. The first-order valence-electron chi connectivity index (χ1n) is 12.8. The third-order valence-electron chi connectivity index (χ3n) is 7.00. The van der Waals surface area contributed by atoms with Crippen molar-refractivity contribution in [1.82, 2.24) is 19.9 Å². The number of aromatic nitrogens is 1. The van der Waals surface area contributed by atoms with E-state index in [0.717, 1.165) is 18.4 Å². The van der Waals surface area contributed by atoms with Crippen molar-refractivity contribution in [3.05, 3.63) is 63.6 Å². The van der Waals surface area contributed by atoms with Crippen LogP contribution in [0.25, 0.3) is 11.1 Å². The summed E-state index contributed by atoms with van der Waals surface area (Å²) in [5.41, 5.74) is 5.04. The van der Waals surface area contributed by atoms with Crippen LogP contribution in [0.4, 0.5) is 5.69 Å². The van der Waals surface area contributed by atoms with E-state index in [-0.39, 0.29) is 37.3 Å². The first kappa shape index (κ1) is 29.3. The molecule has 10 heteroatoms. The third kappa shape index (κ3) is 6.57. The molecule has 0 unspecified atom stereocenters. The van der Waals surface area contributed by atoms with Crippen LogP contribution < -0.4 is 16.0 Å². The third-order valence-corrected chi connectivity index (χ3v) is 7.00. The first-order valence-corrected chi connectivity index (χ1v) is 12.8. The minimum atomic E-state index is -0.453. The summed E-state index contributed by atoms with van der Waals surface area (Å²) in [4.78, 5) is 40.2. The Balaban J connectivity index is 0.00000400. The molecule has 0 bridgehead atoms. The number of aryl methyl sites for hydroxylation is 2. The number of nitrogens with one attached hydrogen (secondary N) is 1. The Morgan fingerprint density at radius 2 is 1.76 bits per heavy atom. The molecule has 9 nitrogen and oxygen atoms in total. The topological polar surface area (TPSA) is 91.0 Å². The van der Waals surface area contributed by atoms with E-state index in [9.17, 15) is 14.4 Å². The van der Waals surface area contributed by atoms with Gasteiger partial charge in [0.05, 0.1) is 18.6 Å². The summed E-state index contributed by atoms with van der Waals surface area (Å²) in [5, 5.41) is 6.63. The number of nitrogens with zero attached hydrogens (tertiary/aromatic N) is 4. The summed E-state index contributed by atoms with van der Waals surface area (Å²) in [5.74, 6) is -0.158. The molecule has 206 valence electrons. The average Bonchev–Trinajstić information content (AvgIpc) is 3.41. The van der Waals surface area contributed by atoms with E-state index in [1.807, 2.05) is 30.1 Å². The van der Waals surface area contributed by atoms with Crippen LogP contribution in [0.5, 0.6) is 0 Å². The number of halogens is 1. The highest BCUT2D eigenvalue weighted by molar-refractivity contribution is 5.89. The monoisotopic (exact) mass is 543 g/mol. The summed E-state index contributed by atoms with van der Waals surface area (Å²) in [7, 11) is 3.42. The predicted octanol–water partition coefficient (Wildman–Crippen LogP) is 3.61. The van der Waals surface area contributed by atoms with Crippen LogP contribution in [0.1, 0.15) is 43.4 Å². The smallest absolute Gasteiger partial charge is 0.408 e. The normalized spacial score (nSPS) is 12.9. The molecule has 0 fully saturated rings. The van der Waals surface area contributed by atoms with Gasteiger partial charge >= 0.3 is 5.76 Å². The van der Waals surface area contributed by atoms with Gasteiger partial charge < -0.3 is 14.6 Å². The fourth-order valence-electron chi connectivity index (χ4n) is 4.75. The molecule has 0 aliphatic carbocycles. The number of amides is 2. The Morgan fingerprint density at radius 3 is 2.39 bits per heavy atom. The molecule has 1 aliphatic rings. The van der Waals surface area contributed by atoms with E-state index in [1.54, 1.807) is 30.1 Å². The highest BCUT2D eigenvalue weighted by Crippen LogP contribution is 2.27. The van der Waals surface area contributed by atoms with E-state index in [0.29, 0.717) is 42.3 Å². The molecule has 0 saturated heterocycles. The van der Waals surface area contributed by atoms with Crippen molar-refractivity contribution in [2.45, 2.75) is 46.7 Å². The molecule has 1 aliphatic heterocycles. The molecule has 2 aromatic carbocycles. The summed E-state index contributed by atoms with van der Waals surface area (Å²) in [6.45, 7) is 8.17. The molecule has 0 spiro atoms. The van der Waals surface area contributed by atoms with Crippen LogP contribution in [0.3, 0.4) is 0 Å². The first-order chi connectivity index (χ1) is 17.6. The van der Waals surface area contributed by atoms with Gasteiger partial charge in [0.2, 0.25) is 5.91 Å². The number of rotatable bonds is 10. The van der Waals surface area contributed by atoms with Crippen LogP contribution in [0, 0.1) is 12.8 Å². The lowest BCUT2D eigenvalue weighted by Gasteiger charge is -2.32. The Kier molecular flexibility index (Phi) is 9.62. The number of hydrogen-bond acceptors (Lipinski definition) is 6. The summed E-state index contributed by atoms with van der Waals surface area (Å²) in [6, 6.07) is 11.8. The molecule has 2 amide bonds. The van der Waals surface area contributed by atoms with Crippen molar-refractivity contribution < 1.29 is 14.0 Å². The number of anilines is 1. The van der Waals surface area contributed by atoms with Gasteiger partial charge in [-0.15, -0.1) is 12.4 Å². The van der Waals surface area contributed by atoms with Gasteiger partial charge in [-0.1, -0.05) is 38.1 Å². The maximum Gasteiger partial charge on any atom is 0.419 e. The van der Waals surface area contributed by atoms with Crippen LogP contribution in [0.15, 0.2) is 45.6 Å². The van der Waals surface area contributed by atoms with Crippen molar-refractivity contribution >= 4 is 41.0 Å². The lowest BCUT2D eigenvalue weighted by atomic mass is 10.1. The second kappa shape index (κ2) is 12.5. The number of hydrazine groups is 1. The number of benzene rings is 2. The fraction of sp³-hybridized carbons (Fsp3) is 0.464. The van der Waals surface area contributed by atoms with Gasteiger partial charge in [-0.05, 0) is 48.4 Å². The molecule has 1 aromatic heterocycles. The van der Waals surface area contributed by atoms with E-state index < -0.39 is 5.76 Å². The lowest BCUT2D eigenvalue weighted by Crippen LogP contribution is -2.48. The number of oxazole rings is 1. The van der Waals surface area contributed by atoms with Crippen LogP contribution in [0.2, 0.25) is 0 Å². The van der Waals surface area contributed by atoms with Gasteiger partial charge in [0.15, 0.2) is 5.58 Å². The van der Waals surface area contributed by atoms with E-state index >= 15 is 0 Å². The number of likely N-dealkylation sites (N-methyl/N-ethyl adjacent to an activating group) is 1. The number of carbonyl (C=O) groups excluding carboxylic acids is 2. The van der Waals surface area contributed by atoms with Crippen molar-refractivity contribution in [3.8, 4) is 0 Å². The van der Waals surface area contributed by atoms with Crippen molar-refractivity contribution in [2.24, 2.45) is 13.0 Å². The van der Waals surface area contributed by atoms with E-state index in [2.05, 4.69) is 31.3 Å². The predicted molar refractivity (Wildman–Crippen MR) is 151 cm³/mol. The van der Waals surface area contributed by atoms with Crippen LogP contribution in [-0.2, 0) is 29.7 Å². The lowest BCUT2D eigenvalue weighted by molar-refractivity contribution is -0.145. The van der Waals surface area contributed by atoms with Crippen molar-refractivity contribution in [1.29, 1.82) is 0 Å². The van der Waals surface area contributed by atoms with Crippen LogP contribution in [-0.4, -0.2) is 53.1 Å². The molecule has 0 saturated carbocycles. The summed E-state index contributed by atoms with van der Waals surface area (Å²) in [6.07, 6.45) is 1.94. The van der Waals surface area contributed by atoms with E-state index in [1.165, 1.54) is 15.7 Å². The minimum absolute atomic E-state index is 0. The Labute approximate surface area is 229 Å². The van der Waals surface area contributed by atoms with Crippen LogP contribution >= 0.6 is 12.4 Å². The molecule has 2 heterocycles. The largest absolute Gasteiger partial charge is 0.419 e. The number of fused-ring (bicyclic) bond motifs is 2. The standard InChI is InChI=1S/C28H37N5O4.ClH/c1-19(2)9-8-12-29-26(34)17-32(23-14-25-24(13-20(23)3)30(4)28(36)37-25)18-27(35)31(5)33-15-21-10-6-7-11-22(21)16-33;/h6-7,10-11,13-14,19H,8-9,12,15-18H2,1-5H3,(H,29,34);1H. The molecule has 1 N–H and O–H groups in total. The Bertz CT molecular complexity index is 1320. The number of hydrogen-bond donors (Lipinski definition) is 1. The maximum atomic E-state index is 13.4. The quantitative estimate of drug-likeness (QED) is 0.393. The average molecular weight is 544 g/mol. The molecule has 0 atom stereocenters. The van der Waals surface area contributed by atoms with Gasteiger partial charge in [-0.25, -0.2) is 9.80 Å². The maximum absolute atomic E-state index is 13.4. The molecule has 3 aromatic rings. The number of carbonyl (C=O) groups is 2. The summed E-state index contributed by atoms with van der Waals surface area (Å²) >= 11 is 0. The highest BCUT2D eigenvalue weighted by atomic mass is 35.5. The van der Waals surface area contributed by atoms with Gasteiger partial charge in [0.25, 0.3) is 5.91 Å². The van der Waals surface area contributed by atoms with Gasteiger partial charge in [-0.3, -0.25) is 19.2 Å².